The summed E-state index contributed by atoms with van der Waals surface area (Å²) >= 11 is 5.90. The number of hydrogen-bond acceptors (Lipinski definition) is 4. The number of nitrogens with one attached hydrogen (secondary N) is 1. The number of pyridine rings is 1. The molecule has 1 aromatic heterocycles. The van der Waals surface area contributed by atoms with E-state index in [4.69, 9.17) is 16.3 Å². The number of benzene rings is 1. The van der Waals surface area contributed by atoms with Gasteiger partial charge in [0.15, 0.2) is 0 Å². The number of piperidine rings is 1. The molecule has 0 radical (unpaired) electrons. The van der Waals surface area contributed by atoms with E-state index in [0.29, 0.717) is 24.1 Å². The highest BCUT2D eigenvalue weighted by Gasteiger charge is 2.27. The Balaban J connectivity index is 1.24. The molecule has 27 heavy (non-hydrogen) atoms. The number of aromatic nitrogens is 1. The molecular formula is C21H24ClN3O2. The number of amides is 1. The van der Waals surface area contributed by atoms with Gasteiger partial charge in [-0.15, -0.1) is 0 Å². The second-order valence-electron chi connectivity index (χ2n) is 7.33. The first-order chi connectivity index (χ1) is 13.2. The molecule has 2 aliphatic heterocycles. The van der Waals surface area contributed by atoms with Crippen LogP contribution in [-0.4, -0.2) is 37.1 Å². The molecule has 1 saturated heterocycles. The van der Waals surface area contributed by atoms with E-state index in [2.05, 4.69) is 21.3 Å². The summed E-state index contributed by atoms with van der Waals surface area (Å²) in [4.78, 5) is 19.2. The molecule has 0 aliphatic carbocycles. The summed E-state index contributed by atoms with van der Waals surface area (Å²) < 4.78 is 5.81. The first kappa shape index (κ1) is 18.1. The molecule has 2 aromatic rings. The highest BCUT2D eigenvalue weighted by atomic mass is 35.5. The van der Waals surface area contributed by atoms with Crippen molar-refractivity contribution in [1.82, 2.24) is 10.3 Å². The van der Waals surface area contributed by atoms with Crippen LogP contribution in [0.1, 0.15) is 18.4 Å². The minimum Gasteiger partial charge on any atom is -0.493 e. The van der Waals surface area contributed by atoms with Crippen molar-refractivity contribution in [3.8, 4) is 5.75 Å². The number of para-hydroxylation sites is 1. The topological polar surface area (TPSA) is 54.5 Å². The van der Waals surface area contributed by atoms with Crippen molar-refractivity contribution >= 4 is 23.3 Å². The SMILES string of the molecule is O=C(NC[C@@H]1COc2ccccc2C1)C1CCN(c2ccc(Cl)cn2)CC1. The van der Waals surface area contributed by atoms with E-state index in [9.17, 15) is 4.79 Å². The van der Waals surface area contributed by atoms with Crippen LogP contribution in [-0.2, 0) is 11.2 Å². The standard InChI is InChI=1S/C21H24ClN3O2/c22-18-5-6-20(23-13-18)25-9-7-16(8-10-25)21(26)24-12-15-11-17-3-1-2-4-19(17)27-14-15/h1-6,13,15-16H,7-12,14H2,(H,24,26)/t15-/m1/s1. The van der Waals surface area contributed by atoms with Crippen LogP contribution in [0.15, 0.2) is 42.6 Å². The zero-order valence-corrected chi connectivity index (χ0v) is 16.0. The van der Waals surface area contributed by atoms with Crippen molar-refractivity contribution in [2.45, 2.75) is 19.3 Å². The van der Waals surface area contributed by atoms with Gasteiger partial charge in [-0.3, -0.25) is 4.79 Å². The molecule has 1 aromatic carbocycles. The number of halogens is 1. The highest BCUT2D eigenvalue weighted by molar-refractivity contribution is 6.30. The average Bonchev–Trinajstić information content (AvgIpc) is 2.72. The van der Waals surface area contributed by atoms with Crippen molar-refractivity contribution in [3.05, 3.63) is 53.2 Å². The Hall–Kier alpha value is -2.27. The van der Waals surface area contributed by atoms with Crippen molar-refractivity contribution in [3.63, 3.8) is 0 Å². The van der Waals surface area contributed by atoms with Crippen LogP contribution in [0.4, 0.5) is 5.82 Å². The molecule has 0 unspecified atom stereocenters. The van der Waals surface area contributed by atoms with Crippen LogP contribution in [0.3, 0.4) is 0 Å². The Labute approximate surface area is 164 Å². The molecule has 5 nitrogen and oxygen atoms in total. The largest absolute Gasteiger partial charge is 0.493 e. The van der Waals surface area contributed by atoms with Gasteiger partial charge in [-0.25, -0.2) is 4.98 Å². The normalized spacial score (nSPS) is 19.9. The Kier molecular flexibility index (Phi) is 5.48. The molecule has 1 atom stereocenters. The number of anilines is 1. The minimum atomic E-state index is 0.0744. The Bertz CT molecular complexity index is 788. The molecule has 0 bridgehead atoms. The maximum atomic E-state index is 12.6. The highest BCUT2D eigenvalue weighted by Crippen LogP contribution is 2.27. The number of nitrogens with zero attached hydrogens (tertiary/aromatic N) is 2. The summed E-state index contributed by atoms with van der Waals surface area (Å²) in [6.07, 6.45) is 4.32. The first-order valence-corrected chi connectivity index (χ1v) is 9.92. The molecule has 0 saturated carbocycles. The van der Waals surface area contributed by atoms with E-state index in [1.807, 2.05) is 30.3 Å². The van der Waals surface area contributed by atoms with Crippen LogP contribution < -0.4 is 15.0 Å². The molecule has 6 heteroatoms. The van der Waals surface area contributed by atoms with Crippen LogP contribution in [0.5, 0.6) is 5.75 Å². The zero-order chi connectivity index (χ0) is 18.6. The molecule has 0 spiro atoms. The molecule has 1 N–H and O–H groups in total. The number of ether oxygens (including phenoxy) is 1. The van der Waals surface area contributed by atoms with Crippen molar-refractivity contribution in [1.29, 1.82) is 0 Å². The molecule has 4 rings (SSSR count). The predicted octanol–water partition coefficient (Wildman–Crippen LogP) is 3.32. The van der Waals surface area contributed by atoms with Gasteiger partial charge in [0.25, 0.3) is 0 Å². The fourth-order valence-electron chi connectivity index (χ4n) is 3.84. The van der Waals surface area contributed by atoms with Crippen LogP contribution >= 0.6 is 11.6 Å². The van der Waals surface area contributed by atoms with Crippen molar-refractivity contribution in [2.75, 3.05) is 31.1 Å². The lowest BCUT2D eigenvalue weighted by Crippen LogP contribution is -2.43. The van der Waals surface area contributed by atoms with Crippen LogP contribution in [0.2, 0.25) is 5.02 Å². The summed E-state index contributed by atoms with van der Waals surface area (Å²) in [5.41, 5.74) is 1.23. The van der Waals surface area contributed by atoms with E-state index in [1.165, 1.54) is 5.56 Å². The number of carbonyl (C=O) groups excluding carboxylic acids is 1. The van der Waals surface area contributed by atoms with Gasteiger partial charge in [0, 0.05) is 37.7 Å². The smallest absolute Gasteiger partial charge is 0.223 e. The lowest BCUT2D eigenvalue weighted by atomic mass is 9.94. The van der Waals surface area contributed by atoms with Gasteiger partial charge in [-0.05, 0) is 43.0 Å². The van der Waals surface area contributed by atoms with Crippen molar-refractivity contribution in [2.24, 2.45) is 11.8 Å². The average molecular weight is 386 g/mol. The summed E-state index contributed by atoms with van der Waals surface area (Å²) in [7, 11) is 0. The predicted molar refractivity (Wildman–Crippen MR) is 106 cm³/mol. The molecule has 1 fully saturated rings. The van der Waals surface area contributed by atoms with Crippen molar-refractivity contribution < 1.29 is 9.53 Å². The summed E-state index contributed by atoms with van der Waals surface area (Å²) in [5.74, 6) is 2.48. The van der Waals surface area contributed by atoms with E-state index in [-0.39, 0.29) is 11.8 Å². The van der Waals surface area contributed by atoms with Gasteiger partial charge in [0.1, 0.15) is 11.6 Å². The maximum absolute atomic E-state index is 12.6. The third-order valence-electron chi connectivity index (χ3n) is 5.42. The summed E-state index contributed by atoms with van der Waals surface area (Å²) in [5, 5.41) is 3.79. The quantitative estimate of drug-likeness (QED) is 0.877. The lowest BCUT2D eigenvalue weighted by Gasteiger charge is -2.32. The third kappa shape index (κ3) is 4.35. The molecule has 142 valence electrons. The van der Waals surface area contributed by atoms with E-state index in [0.717, 1.165) is 43.9 Å². The molecular weight excluding hydrogens is 362 g/mol. The first-order valence-electron chi connectivity index (χ1n) is 9.54. The number of carbonyl (C=O) groups is 1. The molecule has 1 amide bonds. The van der Waals surface area contributed by atoms with E-state index >= 15 is 0 Å². The number of fused-ring (bicyclic) bond motifs is 1. The fraction of sp³-hybridized carbons (Fsp3) is 0.429. The van der Waals surface area contributed by atoms with E-state index in [1.54, 1.807) is 6.20 Å². The lowest BCUT2D eigenvalue weighted by molar-refractivity contribution is -0.125. The van der Waals surface area contributed by atoms with Crippen LogP contribution in [0.25, 0.3) is 0 Å². The summed E-state index contributed by atoms with van der Waals surface area (Å²) in [6, 6.07) is 11.9. The number of hydrogen-bond donors (Lipinski definition) is 1. The Morgan fingerprint density at radius 2 is 2.04 bits per heavy atom. The fourth-order valence-corrected chi connectivity index (χ4v) is 3.95. The van der Waals surface area contributed by atoms with Gasteiger partial charge in [-0.2, -0.15) is 0 Å². The molecule has 3 heterocycles. The second-order valence-corrected chi connectivity index (χ2v) is 7.77. The number of rotatable bonds is 4. The van der Waals surface area contributed by atoms with Gasteiger partial charge in [0.2, 0.25) is 5.91 Å². The molecule has 2 aliphatic rings. The second kappa shape index (κ2) is 8.17. The van der Waals surface area contributed by atoms with Gasteiger partial charge in [-0.1, -0.05) is 29.8 Å². The third-order valence-corrected chi connectivity index (χ3v) is 5.65. The van der Waals surface area contributed by atoms with Gasteiger partial charge < -0.3 is 15.0 Å². The Morgan fingerprint density at radius 1 is 1.22 bits per heavy atom. The Morgan fingerprint density at radius 3 is 2.81 bits per heavy atom. The van der Waals surface area contributed by atoms with E-state index < -0.39 is 0 Å². The maximum Gasteiger partial charge on any atom is 0.223 e. The van der Waals surface area contributed by atoms with Gasteiger partial charge in [0.05, 0.1) is 11.6 Å². The van der Waals surface area contributed by atoms with Gasteiger partial charge >= 0.3 is 0 Å². The monoisotopic (exact) mass is 385 g/mol. The van der Waals surface area contributed by atoms with Crippen LogP contribution in [0, 0.1) is 11.8 Å². The summed E-state index contributed by atoms with van der Waals surface area (Å²) in [6.45, 7) is 3.02. The minimum absolute atomic E-state index is 0.0744. The zero-order valence-electron chi connectivity index (χ0n) is 15.2.